The zero-order valence-corrected chi connectivity index (χ0v) is 31.1. The Balaban J connectivity index is 1.10. The molecule has 11 aromatic rings. The van der Waals surface area contributed by atoms with Crippen molar-refractivity contribution in [2.24, 2.45) is 0 Å². The lowest BCUT2D eigenvalue weighted by Gasteiger charge is -2.39. The van der Waals surface area contributed by atoms with Crippen molar-refractivity contribution in [1.29, 1.82) is 0 Å². The largest absolute Gasteiger partial charge is 0.457 e. The number of ether oxygens (including phenoxy) is 1. The van der Waals surface area contributed by atoms with Gasteiger partial charge in [-0.3, -0.25) is 4.57 Å². The minimum absolute atomic E-state index is 0.565. The third-order valence-electron chi connectivity index (χ3n) is 12.3. The zero-order chi connectivity index (χ0) is 38.0. The van der Waals surface area contributed by atoms with Crippen LogP contribution in [0.3, 0.4) is 0 Å². The number of rotatable bonds is 3. The Bertz CT molecular complexity index is 3440. The average Bonchev–Trinajstić information content (AvgIpc) is 3.92. The third kappa shape index (κ3) is 4.14. The number of benzene rings is 8. The highest BCUT2D eigenvalue weighted by Gasteiger charge is 2.51. The molecule has 0 N–H and O–H groups in total. The Hall–Kier alpha value is -7.76. The van der Waals surface area contributed by atoms with Gasteiger partial charge in [-0.2, -0.15) is 0 Å². The SMILES string of the molecule is c1ccc(-c2ccc(-c3nc(-n4c5ccccc5c5cc6c(cc54)Oc4ccccc4C64c5ccccc5-c5ccccc54)nc4c3oc3ccccc34)cc2)cc1. The van der Waals surface area contributed by atoms with Crippen molar-refractivity contribution >= 4 is 43.9 Å². The molecule has 0 amide bonds. The van der Waals surface area contributed by atoms with Gasteiger partial charge in [0, 0.05) is 38.9 Å². The molecule has 58 heavy (non-hydrogen) atoms. The fraction of sp³-hybridized carbons (Fsp3) is 0.0189. The Morgan fingerprint density at radius 1 is 0.431 bits per heavy atom. The van der Waals surface area contributed by atoms with Crippen molar-refractivity contribution in [2.75, 3.05) is 0 Å². The number of para-hydroxylation sites is 3. The van der Waals surface area contributed by atoms with Gasteiger partial charge in [-0.25, -0.2) is 9.97 Å². The molecular weight excluding hydrogens is 711 g/mol. The second-order valence-electron chi connectivity index (χ2n) is 15.2. The summed E-state index contributed by atoms with van der Waals surface area (Å²) in [5, 5.41) is 3.17. The number of nitrogens with zero attached hydrogens (tertiary/aromatic N) is 3. The smallest absolute Gasteiger partial charge is 0.236 e. The van der Waals surface area contributed by atoms with Gasteiger partial charge in [0.15, 0.2) is 5.58 Å². The molecule has 1 spiro atoms. The van der Waals surface area contributed by atoms with E-state index in [2.05, 4.69) is 168 Å². The normalized spacial score (nSPS) is 13.4. The predicted octanol–water partition coefficient (Wildman–Crippen LogP) is 13.3. The van der Waals surface area contributed by atoms with Crippen LogP contribution in [-0.2, 0) is 5.41 Å². The first-order valence-electron chi connectivity index (χ1n) is 19.7. The first kappa shape index (κ1) is 31.4. The predicted molar refractivity (Wildman–Crippen MR) is 232 cm³/mol. The topological polar surface area (TPSA) is 53.1 Å². The summed E-state index contributed by atoms with van der Waals surface area (Å²) in [6.45, 7) is 0. The highest BCUT2D eigenvalue weighted by molar-refractivity contribution is 6.11. The third-order valence-corrected chi connectivity index (χ3v) is 12.3. The number of aromatic nitrogens is 3. The molecule has 3 aromatic heterocycles. The molecular formula is C53H31N3O2. The standard InChI is InChI=1S/C53H31N3O2/c1-2-14-32(15-3-1)33-26-28-34(29-27-33)49-51-50(38-19-7-12-24-46(38)58-51)55-52(54-49)56-44-23-11-6-18-37(44)39-30-43-48(31-45(39)56)57-47-25-13-10-22-42(47)53(43)40-20-8-4-16-35(40)36-17-5-9-21-41(36)53/h1-31H. The van der Waals surface area contributed by atoms with Crippen molar-refractivity contribution in [1.82, 2.24) is 14.5 Å². The lowest BCUT2D eigenvalue weighted by Crippen LogP contribution is -2.32. The van der Waals surface area contributed by atoms with Crippen LogP contribution < -0.4 is 4.74 Å². The van der Waals surface area contributed by atoms with Gasteiger partial charge >= 0.3 is 0 Å². The maximum atomic E-state index is 6.98. The Morgan fingerprint density at radius 2 is 1.05 bits per heavy atom. The summed E-state index contributed by atoms with van der Waals surface area (Å²) >= 11 is 0. The summed E-state index contributed by atoms with van der Waals surface area (Å²) in [6.07, 6.45) is 0. The van der Waals surface area contributed by atoms with Crippen LogP contribution in [0.2, 0.25) is 0 Å². The van der Waals surface area contributed by atoms with E-state index in [1.165, 1.54) is 22.3 Å². The maximum Gasteiger partial charge on any atom is 0.236 e. The fourth-order valence-corrected chi connectivity index (χ4v) is 9.86. The maximum absolute atomic E-state index is 6.98. The molecule has 1 aliphatic carbocycles. The van der Waals surface area contributed by atoms with Crippen molar-refractivity contribution in [3.05, 3.63) is 210 Å². The van der Waals surface area contributed by atoms with Gasteiger partial charge in [0.2, 0.25) is 5.95 Å². The number of furan rings is 1. The van der Waals surface area contributed by atoms with Crippen molar-refractivity contribution in [3.63, 3.8) is 0 Å². The number of hydrogen-bond donors (Lipinski definition) is 0. The van der Waals surface area contributed by atoms with E-state index in [4.69, 9.17) is 19.1 Å². The Morgan fingerprint density at radius 3 is 1.84 bits per heavy atom. The lowest BCUT2D eigenvalue weighted by atomic mass is 9.66. The molecule has 4 heterocycles. The van der Waals surface area contributed by atoms with E-state index in [9.17, 15) is 0 Å². The van der Waals surface area contributed by atoms with Crippen molar-refractivity contribution in [2.45, 2.75) is 5.41 Å². The minimum atomic E-state index is -0.570. The number of fused-ring (bicyclic) bond motifs is 15. The fourth-order valence-electron chi connectivity index (χ4n) is 9.86. The summed E-state index contributed by atoms with van der Waals surface area (Å²) in [7, 11) is 0. The molecule has 5 nitrogen and oxygen atoms in total. The molecule has 8 aromatic carbocycles. The Kier molecular flexibility index (Phi) is 6.31. The second kappa shape index (κ2) is 11.6. The molecule has 0 radical (unpaired) electrons. The highest BCUT2D eigenvalue weighted by Crippen LogP contribution is 2.62. The Labute approximate surface area is 333 Å². The quantitative estimate of drug-likeness (QED) is 0.181. The van der Waals surface area contributed by atoms with E-state index in [1.54, 1.807) is 0 Å². The summed E-state index contributed by atoms with van der Waals surface area (Å²) in [5.41, 5.74) is 14.9. The van der Waals surface area contributed by atoms with E-state index < -0.39 is 5.41 Å². The van der Waals surface area contributed by atoms with Gasteiger partial charge in [-0.1, -0.05) is 152 Å². The first-order valence-corrected chi connectivity index (χ1v) is 19.7. The van der Waals surface area contributed by atoms with Crippen LogP contribution in [0.1, 0.15) is 22.3 Å². The van der Waals surface area contributed by atoms with Crippen LogP contribution in [0, 0.1) is 0 Å². The lowest BCUT2D eigenvalue weighted by molar-refractivity contribution is 0.437. The van der Waals surface area contributed by atoms with Gasteiger partial charge in [-0.15, -0.1) is 0 Å². The zero-order valence-electron chi connectivity index (χ0n) is 31.1. The molecule has 0 saturated carbocycles. The van der Waals surface area contributed by atoms with Gasteiger partial charge in [-0.05, 0) is 63.7 Å². The monoisotopic (exact) mass is 741 g/mol. The van der Waals surface area contributed by atoms with Crippen LogP contribution in [0.15, 0.2) is 192 Å². The molecule has 2 aliphatic rings. The van der Waals surface area contributed by atoms with Crippen LogP contribution in [0.25, 0.3) is 83.3 Å². The summed E-state index contributed by atoms with van der Waals surface area (Å²) in [4.78, 5) is 10.8. The van der Waals surface area contributed by atoms with Crippen LogP contribution in [0.5, 0.6) is 11.5 Å². The molecule has 13 rings (SSSR count). The van der Waals surface area contributed by atoms with Crippen LogP contribution >= 0.6 is 0 Å². The molecule has 5 heteroatoms. The van der Waals surface area contributed by atoms with Crippen LogP contribution in [0.4, 0.5) is 0 Å². The van der Waals surface area contributed by atoms with Gasteiger partial charge < -0.3 is 9.15 Å². The molecule has 0 fully saturated rings. The van der Waals surface area contributed by atoms with E-state index >= 15 is 0 Å². The molecule has 1 aliphatic heterocycles. The van der Waals surface area contributed by atoms with Gasteiger partial charge in [0.1, 0.15) is 28.3 Å². The summed E-state index contributed by atoms with van der Waals surface area (Å²) in [5.74, 6) is 2.23. The van der Waals surface area contributed by atoms with Gasteiger partial charge in [0.05, 0.1) is 16.4 Å². The molecule has 0 saturated heterocycles. The van der Waals surface area contributed by atoms with Crippen LogP contribution in [-0.4, -0.2) is 14.5 Å². The van der Waals surface area contributed by atoms with E-state index in [0.717, 1.165) is 83.3 Å². The van der Waals surface area contributed by atoms with E-state index in [0.29, 0.717) is 11.5 Å². The van der Waals surface area contributed by atoms with E-state index in [-0.39, 0.29) is 0 Å². The molecule has 0 unspecified atom stereocenters. The molecule has 270 valence electrons. The van der Waals surface area contributed by atoms with Crippen molar-refractivity contribution < 1.29 is 9.15 Å². The minimum Gasteiger partial charge on any atom is -0.457 e. The number of hydrogen-bond acceptors (Lipinski definition) is 4. The molecule has 0 atom stereocenters. The average molecular weight is 742 g/mol. The summed E-state index contributed by atoms with van der Waals surface area (Å²) in [6, 6.07) is 66.5. The van der Waals surface area contributed by atoms with Crippen molar-refractivity contribution in [3.8, 4) is 51.0 Å². The highest BCUT2D eigenvalue weighted by atomic mass is 16.5. The first-order chi connectivity index (χ1) is 28.8. The van der Waals surface area contributed by atoms with E-state index in [1.807, 2.05) is 24.3 Å². The summed E-state index contributed by atoms with van der Waals surface area (Å²) < 4.78 is 15.7. The second-order valence-corrected chi connectivity index (χ2v) is 15.2. The van der Waals surface area contributed by atoms with Gasteiger partial charge in [0.25, 0.3) is 0 Å². The molecule has 0 bridgehead atoms.